The highest BCUT2D eigenvalue weighted by Gasteiger charge is 2.24. The summed E-state index contributed by atoms with van der Waals surface area (Å²) in [5.74, 6) is -0.0930. The van der Waals surface area contributed by atoms with E-state index in [0.717, 1.165) is 30.6 Å². The van der Waals surface area contributed by atoms with Crippen molar-refractivity contribution in [1.82, 2.24) is 34.5 Å². The van der Waals surface area contributed by atoms with E-state index in [1.54, 1.807) is 54.0 Å². The number of nitrogens with zero attached hydrogens (tertiary/aromatic N) is 7. The number of hydrogen-bond donors (Lipinski definition) is 2. The zero-order valence-corrected chi connectivity index (χ0v) is 21.0. The Hall–Kier alpha value is -4.16. The number of likely N-dealkylation sites (tertiary alicyclic amines) is 1. The highest BCUT2D eigenvalue weighted by molar-refractivity contribution is 6.08. The van der Waals surface area contributed by atoms with Crippen molar-refractivity contribution in [2.24, 2.45) is 13.0 Å². The molecular weight excluding hydrogens is 474 g/mol. The third-order valence-electron chi connectivity index (χ3n) is 6.42. The van der Waals surface area contributed by atoms with Crippen molar-refractivity contribution in [3.63, 3.8) is 0 Å². The number of fused-ring (bicyclic) bond motifs is 1. The van der Waals surface area contributed by atoms with E-state index in [4.69, 9.17) is 4.74 Å². The van der Waals surface area contributed by atoms with Gasteiger partial charge in [0.1, 0.15) is 0 Å². The molecule has 0 radical (unpaired) electrons. The maximum atomic E-state index is 13.1. The normalized spacial score (nSPS) is 15.8. The molecule has 0 bridgehead atoms. The second-order valence-electron chi connectivity index (χ2n) is 9.29. The molecule has 1 aliphatic heterocycles. The van der Waals surface area contributed by atoms with Crippen LogP contribution in [0.15, 0.2) is 43.0 Å². The zero-order valence-electron chi connectivity index (χ0n) is 21.0. The summed E-state index contributed by atoms with van der Waals surface area (Å²) in [6, 6.07) is 5.39. The molecule has 4 aromatic heterocycles. The van der Waals surface area contributed by atoms with Crippen LogP contribution in [0.25, 0.3) is 16.6 Å². The van der Waals surface area contributed by atoms with Crippen molar-refractivity contribution in [3.05, 3.63) is 54.4 Å². The Bertz CT molecular complexity index is 1440. The van der Waals surface area contributed by atoms with Gasteiger partial charge in [0.2, 0.25) is 5.91 Å². The number of aromatic nitrogens is 6. The van der Waals surface area contributed by atoms with Gasteiger partial charge >= 0.3 is 0 Å². The molecule has 1 aliphatic rings. The molecule has 0 aliphatic carbocycles. The lowest BCUT2D eigenvalue weighted by atomic mass is 10.1. The van der Waals surface area contributed by atoms with Crippen LogP contribution in [0.4, 0.5) is 11.4 Å². The predicted octanol–water partition coefficient (Wildman–Crippen LogP) is 1.99. The van der Waals surface area contributed by atoms with Crippen LogP contribution >= 0.6 is 0 Å². The van der Waals surface area contributed by atoms with E-state index in [2.05, 4.69) is 35.9 Å². The first-order chi connectivity index (χ1) is 17.9. The molecule has 192 valence electrons. The fourth-order valence-electron chi connectivity index (χ4n) is 4.54. The smallest absolute Gasteiger partial charge is 0.278 e. The average molecular weight is 504 g/mol. The van der Waals surface area contributed by atoms with Crippen LogP contribution in [0.5, 0.6) is 0 Å². The summed E-state index contributed by atoms with van der Waals surface area (Å²) in [7, 11) is 3.55. The fourth-order valence-corrected chi connectivity index (χ4v) is 4.54. The van der Waals surface area contributed by atoms with Gasteiger partial charge in [-0.2, -0.15) is 5.10 Å². The van der Waals surface area contributed by atoms with Gasteiger partial charge < -0.3 is 15.4 Å². The van der Waals surface area contributed by atoms with E-state index >= 15 is 0 Å². The molecule has 12 nitrogen and oxygen atoms in total. The first-order valence-electron chi connectivity index (χ1n) is 12.0. The number of ether oxygens (including phenoxy) is 1. The molecule has 5 heterocycles. The molecule has 12 heteroatoms. The van der Waals surface area contributed by atoms with Crippen molar-refractivity contribution in [2.75, 3.05) is 44.0 Å². The van der Waals surface area contributed by atoms with Crippen LogP contribution in [-0.4, -0.2) is 79.7 Å². The van der Waals surface area contributed by atoms with E-state index in [1.807, 2.05) is 19.3 Å². The SMILES string of the molecule is COCC1CCN(CC(=O)Nc2cnc(C)c(NC(=O)c3nnn4cc(-c5cnn(C)c5)ccc34)c2)C1. The minimum Gasteiger partial charge on any atom is -0.384 e. The molecule has 0 spiro atoms. The monoisotopic (exact) mass is 503 g/mol. The summed E-state index contributed by atoms with van der Waals surface area (Å²) in [4.78, 5) is 32.1. The molecule has 0 saturated carbocycles. The molecule has 1 saturated heterocycles. The summed E-state index contributed by atoms with van der Waals surface area (Å²) >= 11 is 0. The second-order valence-corrected chi connectivity index (χ2v) is 9.29. The number of pyridine rings is 2. The van der Waals surface area contributed by atoms with Crippen LogP contribution in [0.3, 0.4) is 0 Å². The maximum absolute atomic E-state index is 13.1. The third kappa shape index (κ3) is 5.49. The highest BCUT2D eigenvalue weighted by Crippen LogP contribution is 2.22. The van der Waals surface area contributed by atoms with Crippen LogP contribution in [0.2, 0.25) is 0 Å². The summed E-state index contributed by atoms with van der Waals surface area (Å²) in [6.45, 7) is 4.49. The molecule has 2 amide bonds. The van der Waals surface area contributed by atoms with Gasteiger partial charge in [-0.05, 0) is 37.9 Å². The van der Waals surface area contributed by atoms with Crippen molar-refractivity contribution in [3.8, 4) is 11.1 Å². The molecule has 37 heavy (non-hydrogen) atoms. The lowest BCUT2D eigenvalue weighted by Gasteiger charge is -2.16. The van der Waals surface area contributed by atoms with Crippen LogP contribution < -0.4 is 10.6 Å². The Morgan fingerprint density at radius 2 is 2.03 bits per heavy atom. The largest absolute Gasteiger partial charge is 0.384 e. The van der Waals surface area contributed by atoms with Crippen molar-refractivity contribution in [1.29, 1.82) is 0 Å². The number of methoxy groups -OCH3 is 1. The quantitative estimate of drug-likeness (QED) is 0.373. The Kier molecular flexibility index (Phi) is 6.93. The van der Waals surface area contributed by atoms with Crippen LogP contribution in [0.1, 0.15) is 22.6 Å². The summed E-state index contributed by atoms with van der Waals surface area (Å²) in [5.41, 5.74) is 4.20. The first kappa shape index (κ1) is 24.5. The number of aryl methyl sites for hydroxylation is 2. The molecular formula is C25H29N9O3. The number of hydrogen-bond acceptors (Lipinski definition) is 8. The van der Waals surface area contributed by atoms with Gasteiger partial charge in [0, 0.05) is 44.2 Å². The Labute approximate surface area is 213 Å². The third-order valence-corrected chi connectivity index (χ3v) is 6.42. The molecule has 5 rings (SSSR count). The van der Waals surface area contributed by atoms with Crippen molar-refractivity contribution >= 4 is 28.7 Å². The van der Waals surface area contributed by atoms with E-state index in [0.29, 0.717) is 41.7 Å². The minimum absolute atomic E-state index is 0.130. The van der Waals surface area contributed by atoms with Gasteiger partial charge in [-0.1, -0.05) is 11.3 Å². The molecule has 1 fully saturated rings. The standard InChI is InChI=1S/C25H29N9O3/c1-16-21(8-20(10-26-16)28-23(35)14-33-7-6-17(11-33)15-37-3)29-25(36)24-22-5-4-18(13-34(22)31-30-24)19-9-27-32(2)12-19/h4-5,8-10,12-13,17H,6-7,11,14-15H2,1-3H3,(H,28,35)(H,29,36). The van der Waals surface area contributed by atoms with Gasteiger partial charge in [0.25, 0.3) is 5.91 Å². The molecule has 1 atom stereocenters. The summed E-state index contributed by atoms with van der Waals surface area (Å²) in [6.07, 6.45) is 8.06. The minimum atomic E-state index is -0.418. The van der Waals surface area contributed by atoms with Gasteiger partial charge in [-0.25, -0.2) is 4.52 Å². The van der Waals surface area contributed by atoms with Gasteiger partial charge in [0.05, 0.1) is 48.1 Å². The lowest BCUT2D eigenvalue weighted by molar-refractivity contribution is -0.117. The maximum Gasteiger partial charge on any atom is 0.278 e. The Morgan fingerprint density at radius 3 is 2.81 bits per heavy atom. The second kappa shape index (κ2) is 10.4. The zero-order chi connectivity index (χ0) is 25.9. The highest BCUT2D eigenvalue weighted by atomic mass is 16.5. The number of carbonyl (C=O) groups is 2. The number of anilines is 2. The van der Waals surface area contributed by atoms with Crippen LogP contribution in [0, 0.1) is 12.8 Å². The van der Waals surface area contributed by atoms with E-state index in [9.17, 15) is 9.59 Å². The van der Waals surface area contributed by atoms with E-state index in [1.165, 1.54) is 0 Å². The molecule has 0 aromatic carbocycles. The fraction of sp³-hybridized carbons (Fsp3) is 0.360. The number of nitrogens with one attached hydrogen (secondary N) is 2. The number of rotatable bonds is 8. The van der Waals surface area contributed by atoms with Crippen molar-refractivity contribution in [2.45, 2.75) is 13.3 Å². The average Bonchev–Trinajstić information content (AvgIpc) is 3.61. The van der Waals surface area contributed by atoms with Crippen LogP contribution in [-0.2, 0) is 16.6 Å². The van der Waals surface area contributed by atoms with E-state index < -0.39 is 5.91 Å². The van der Waals surface area contributed by atoms with Gasteiger partial charge in [-0.15, -0.1) is 5.10 Å². The number of amides is 2. The summed E-state index contributed by atoms with van der Waals surface area (Å²) < 4.78 is 8.51. The van der Waals surface area contributed by atoms with Crippen molar-refractivity contribution < 1.29 is 14.3 Å². The Morgan fingerprint density at radius 1 is 1.16 bits per heavy atom. The predicted molar refractivity (Wildman–Crippen MR) is 137 cm³/mol. The molecule has 4 aromatic rings. The topological polar surface area (TPSA) is 132 Å². The van der Waals surface area contributed by atoms with Gasteiger partial charge in [0.15, 0.2) is 5.69 Å². The Balaban J connectivity index is 1.25. The van der Waals surface area contributed by atoms with E-state index in [-0.39, 0.29) is 11.6 Å². The van der Waals surface area contributed by atoms with Gasteiger partial charge in [-0.3, -0.25) is 24.2 Å². The summed E-state index contributed by atoms with van der Waals surface area (Å²) in [5, 5.41) is 18.1. The molecule has 1 unspecified atom stereocenters. The lowest BCUT2D eigenvalue weighted by Crippen LogP contribution is -2.32. The first-order valence-corrected chi connectivity index (χ1v) is 12.0. The molecule has 2 N–H and O–H groups in total. The number of carbonyl (C=O) groups excluding carboxylic acids is 2.